The van der Waals surface area contributed by atoms with E-state index in [1.165, 1.54) is 6.08 Å². The summed E-state index contributed by atoms with van der Waals surface area (Å²) < 4.78 is 58.3. The predicted octanol–water partition coefficient (Wildman–Crippen LogP) is -1.13. The van der Waals surface area contributed by atoms with Crippen LogP contribution in [0.2, 0.25) is 0 Å². The SMILES string of the molecule is C=CCO[C@H]1[C@@H](O)[C@H](n2cnc3c(=O)[nH]c(N)nc32)O[C@@H]1COP(=O)(O)OP(=O)(O)OP(=O)(O)O. The van der Waals surface area contributed by atoms with Crippen LogP contribution >= 0.6 is 23.5 Å². The molecule has 0 radical (unpaired) electrons. The second-order valence-electron chi connectivity index (χ2n) is 6.80. The first kappa shape index (κ1) is 27.8. The molecule has 35 heavy (non-hydrogen) atoms. The van der Waals surface area contributed by atoms with Crippen molar-refractivity contribution in [3.63, 3.8) is 0 Å². The molecule has 3 rings (SSSR count). The van der Waals surface area contributed by atoms with Gasteiger partial charge in [0, 0.05) is 0 Å². The monoisotopic (exact) mass is 563 g/mol. The first-order chi connectivity index (χ1) is 16.1. The third-order valence-corrected chi connectivity index (χ3v) is 8.06. The van der Waals surface area contributed by atoms with E-state index in [4.69, 9.17) is 25.0 Å². The maximum absolute atomic E-state index is 12.0. The summed E-state index contributed by atoms with van der Waals surface area (Å²) in [6.07, 6.45) is -2.95. The number of aliphatic hydroxyl groups is 1. The average molecular weight is 563 g/mol. The fourth-order valence-electron chi connectivity index (χ4n) is 3.07. The zero-order valence-electron chi connectivity index (χ0n) is 17.3. The molecule has 3 heterocycles. The first-order valence-electron chi connectivity index (χ1n) is 9.19. The van der Waals surface area contributed by atoms with Gasteiger partial charge in [-0.15, -0.1) is 6.58 Å². The van der Waals surface area contributed by atoms with Gasteiger partial charge in [0.05, 0.1) is 19.5 Å². The van der Waals surface area contributed by atoms with E-state index in [2.05, 4.69) is 34.7 Å². The van der Waals surface area contributed by atoms with Gasteiger partial charge in [-0.3, -0.25) is 18.9 Å². The number of imidazole rings is 1. The quantitative estimate of drug-likeness (QED) is 0.126. The lowest BCUT2D eigenvalue weighted by Gasteiger charge is -2.21. The smallest absolute Gasteiger partial charge is 0.386 e. The standard InChI is InChI=1S/C13H20N5O14P3/c1-2-3-28-9-6(4-29-34(24,25)32-35(26,27)31-33(21,22)23)30-12(8(9)19)18-5-15-7-10(18)16-13(14)17-11(7)20/h2,5-6,8-9,12,19H,1,3-4H2,(H,24,25)(H,26,27)(H2,21,22,23)(H3,14,16,17,20)/t6-,8-,9-,12-/m1/s1. The van der Waals surface area contributed by atoms with Crippen molar-refractivity contribution in [3.05, 3.63) is 29.3 Å². The van der Waals surface area contributed by atoms with Crippen LogP contribution in [0.25, 0.3) is 11.2 Å². The summed E-state index contributed by atoms with van der Waals surface area (Å²) in [6.45, 7) is 2.45. The Bertz CT molecular complexity index is 1290. The molecule has 2 aromatic rings. The molecule has 1 saturated heterocycles. The summed E-state index contributed by atoms with van der Waals surface area (Å²) in [7, 11) is -16.8. The van der Waals surface area contributed by atoms with Gasteiger partial charge in [-0.2, -0.15) is 13.6 Å². The molecular weight excluding hydrogens is 543 g/mol. The summed E-state index contributed by atoms with van der Waals surface area (Å²) in [4.78, 5) is 58.2. The molecule has 0 saturated carbocycles. The van der Waals surface area contributed by atoms with Gasteiger partial charge in [-0.05, 0) is 0 Å². The zero-order valence-corrected chi connectivity index (χ0v) is 19.9. The van der Waals surface area contributed by atoms with Crippen LogP contribution < -0.4 is 11.3 Å². The molecule has 2 aromatic heterocycles. The minimum atomic E-state index is -5.73. The number of aliphatic hydroxyl groups excluding tert-OH is 1. The minimum Gasteiger partial charge on any atom is -0.386 e. The number of nitrogens with zero attached hydrogens (tertiary/aromatic N) is 3. The zero-order chi connectivity index (χ0) is 26.2. The van der Waals surface area contributed by atoms with E-state index >= 15 is 0 Å². The highest BCUT2D eigenvalue weighted by atomic mass is 31.3. The largest absolute Gasteiger partial charge is 0.490 e. The molecule has 0 aromatic carbocycles. The van der Waals surface area contributed by atoms with E-state index in [0.717, 1.165) is 10.9 Å². The molecular formula is C13H20N5O14P3. The van der Waals surface area contributed by atoms with Crippen molar-refractivity contribution in [1.29, 1.82) is 0 Å². The van der Waals surface area contributed by atoms with Crippen LogP contribution in [0.5, 0.6) is 0 Å². The Morgan fingerprint density at radius 1 is 1.23 bits per heavy atom. The molecule has 0 spiro atoms. The van der Waals surface area contributed by atoms with Gasteiger partial charge in [-0.1, -0.05) is 6.08 Å². The Morgan fingerprint density at radius 3 is 2.54 bits per heavy atom. The number of phosphoric acid groups is 3. The molecule has 22 heteroatoms. The molecule has 0 amide bonds. The Labute approximate surface area is 194 Å². The number of ether oxygens (including phenoxy) is 2. The van der Waals surface area contributed by atoms with E-state index in [0.29, 0.717) is 0 Å². The Morgan fingerprint density at radius 2 is 1.91 bits per heavy atom. The number of aromatic nitrogens is 4. The van der Waals surface area contributed by atoms with E-state index in [1.54, 1.807) is 0 Å². The normalized spacial score (nSPS) is 26.4. The van der Waals surface area contributed by atoms with Crippen LogP contribution in [0.15, 0.2) is 23.8 Å². The highest BCUT2D eigenvalue weighted by molar-refractivity contribution is 7.66. The summed E-state index contributed by atoms with van der Waals surface area (Å²) in [5.41, 5.74) is 4.69. The average Bonchev–Trinajstić information content (AvgIpc) is 3.23. The van der Waals surface area contributed by atoms with Crippen molar-refractivity contribution in [3.8, 4) is 0 Å². The lowest BCUT2D eigenvalue weighted by atomic mass is 10.1. The van der Waals surface area contributed by atoms with Crippen LogP contribution in [0.1, 0.15) is 6.23 Å². The van der Waals surface area contributed by atoms with Gasteiger partial charge < -0.3 is 39.9 Å². The van der Waals surface area contributed by atoms with Gasteiger partial charge in [0.25, 0.3) is 5.56 Å². The van der Waals surface area contributed by atoms with Gasteiger partial charge >= 0.3 is 23.5 Å². The summed E-state index contributed by atoms with van der Waals surface area (Å²) >= 11 is 0. The topological polar surface area (TPSA) is 288 Å². The number of hydrogen-bond donors (Lipinski definition) is 7. The number of H-pyrrole nitrogens is 1. The van der Waals surface area contributed by atoms with Crippen molar-refractivity contribution in [1.82, 2.24) is 19.5 Å². The molecule has 6 atom stereocenters. The van der Waals surface area contributed by atoms with Crippen LogP contribution in [-0.4, -0.2) is 75.7 Å². The van der Waals surface area contributed by atoms with E-state index in [-0.39, 0.29) is 23.7 Å². The lowest BCUT2D eigenvalue weighted by molar-refractivity contribution is -0.0554. The van der Waals surface area contributed by atoms with Crippen LogP contribution in [0, 0.1) is 0 Å². The Balaban J connectivity index is 1.81. The fourth-order valence-corrected chi connectivity index (χ4v) is 6.10. The molecule has 1 fully saturated rings. The van der Waals surface area contributed by atoms with E-state index < -0.39 is 60.2 Å². The first-order valence-corrected chi connectivity index (χ1v) is 13.7. The van der Waals surface area contributed by atoms with Crippen LogP contribution in [-0.2, 0) is 36.3 Å². The molecule has 196 valence electrons. The highest BCUT2D eigenvalue weighted by Crippen LogP contribution is 2.66. The second kappa shape index (κ2) is 10.3. The fraction of sp³-hybridized carbons (Fsp3) is 0.462. The second-order valence-corrected chi connectivity index (χ2v) is 11.2. The number of aromatic amines is 1. The molecule has 0 aliphatic carbocycles. The van der Waals surface area contributed by atoms with Gasteiger partial charge in [0.15, 0.2) is 17.4 Å². The van der Waals surface area contributed by atoms with Gasteiger partial charge in [0.2, 0.25) is 5.95 Å². The van der Waals surface area contributed by atoms with E-state index in [9.17, 15) is 33.4 Å². The Hall–Kier alpha value is -1.82. The molecule has 1 aliphatic rings. The third kappa shape index (κ3) is 6.90. The number of fused-ring (bicyclic) bond motifs is 1. The predicted molar refractivity (Wildman–Crippen MR) is 112 cm³/mol. The van der Waals surface area contributed by atoms with Crippen molar-refractivity contribution < 1.29 is 61.0 Å². The molecule has 1 aliphatic heterocycles. The molecule has 0 bridgehead atoms. The van der Waals surface area contributed by atoms with Crippen molar-refractivity contribution >= 4 is 40.6 Å². The maximum Gasteiger partial charge on any atom is 0.490 e. The number of nitrogen functional groups attached to an aromatic ring is 1. The van der Waals surface area contributed by atoms with Gasteiger partial charge in [-0.25, -0.2) is 18.7 Å². The van der Waals surface area contributed by atoms with Gasteiger partial charge in [0.1, 0.15) is 18.3 Å². The number of nitrogens with two attached hydrogens (primary N) is 1. The number of hydrogen-bond acceptors (Lipinski definition) is 13. The van der Waals surface area contributed by atoms with Crippen LogP contribution in [0.4, 0.5) is 5.95 Å². The summed E-state index contributed by atoms with van der Waals surface area (Å²) in [6, 6.07) is 0. The Kier molecular flexibility index (Phi) is 8.15. The number of anilines is 1. The van der Waals surface area contributed by atoms with Crippen molar-refractivity contribution in [2.45, 2.75) is 24.5 Å². The van der Waals surface area contributed by atoms with Crippen molar-refractivity contribution in [2.24, 2.45) is 0 Å². The summed E-state index contributed by atoms with van der Waals surface area (Å²) in [5.74, 6) is -0.250. The number of nitrogens with one attached hydrogen (secondary N) is 1. The number of rotatable bonds is 11. The van der Waals surface area contributed by atoms with Crippen LogP contribution in [0.3, 0.4) is 0 Å². The molecule has 19 nitrogen and oxygen atoms in total. The summed E-state index contributed by atoms with van der Waals surface area (Å²) in [5, 5.41) is 10.8. The highest BCUT2D eigenvalue weighted by Gasteiger charge is 2.48. The maximum atomic E-state index is 12.0. The van der Waals surface area contributed by atoms with E-state index in [1.807, 2.05) is 0 Å². The molecule has 8 N–H and O–H groups in total. The van der Waals surface area contributed by atoms with Crippen molar-refractivity contribution in [2.75, 3.05) is 18.9 Å². The minimum absolute atomic E-state index is 0.0636. The number of phosphoric ester groups is 1. The lowest BCUT2D eigenvalue weighted by Crippen LogP contribution is -2.36. The third-order valence-electron chi connectivity index (χ3n) is 4.26. The molecule has 2 unspecified atom stereocenters.